The Labute approximate surface area is 139 Å². The molecule has 5 nitrogen and oxygen atoms in total. The molecule has 0 aliphatic carbocycles. The molecule has 2 N–H and O–H groups in total. The molecule has 1 aromatic carbocycles. The number of carbonyl (C=O) groups is 2. The molecule has 0 radical (unpaired) electrons. The number of hydrogen-bond donors (Lipinski definition) is 2. The van der Waals surface area contributed by atoms with Gasteiger partial charge in [-0.2, -0.15) is 0 Å². The van der Waals surface area contributed by atoms with Gasteiger partial charge in [0, 0.05) is 5.69 Å². The predicted octanol–water partition coefficient (Wildman–Crippen LogP) is 3.63. The lowest BCUT2D eigenvalue weighted by Gasteiger charge is -2.19. The molecule has 0 saturated heterocycles. The van der Waals surface area contributed by atoms with Crippen LogP contribution in [0.3, 0.4) is 0 Å². The minimum absolute atomic E-state index is 0.190. The number of hydrogen-bond acceptors (Lipinski definition) is 4. The van der Waals surface area contributed by atoms with E-state index < -0.39 is 11.4 Å². The fraction of sp³-hybridized carbons (Fsp3) is 0.353. The van der Waals surface area contributed by atoms with E-state index in [1.807, 2.05) is 13.8 Å². The summed E-state index contributed by atoms with van der Waals surface area (Å²) < 4.78 is 0. The lowest BCUT2D eigenvalue weighted by Crippen LogP contribution is -2.28. The molecule has 0 unspecified atom stereocenters. The lowest BCUT2D eigenvalue weighted by molar-refractivity contribution is -0.142. The number of carbonyl (C=O) groups excluding carboxylic acids is 1. The molecule has 23 heavy (non-hydrogen) atoms. The largest absolute Gasteiger partial charge is 0.481 e. The van der Waals surface area contributed by atoms with Gasteiger partial charge in [0.05, 0.1) is 16.1 Å². The Balaban J connectivity index is 2.16. The summed E-state index contributed by atoms with van der Waals surface area (Å²) in [6.45, 7) is 7.12. The van der Waals surface area contributed by atoms with E-state index in [4.69, 9.17) is 0 Å². The third-order valence-corrected chi connectivity index (χ3v) is 5.05. The van der Waals surface area contributed by atoms with E-state index in [1.165, 1.54) is 11.3 Å². The van der Waals surface area contributed by atoms with Crippen LogP contribution in [0.2, 0.25) is 0 Å². The van der Waals surface area contributed by atoms with Gasteiger partial charge in [-0.05, 0) is 44.9 Å². The van der Waals surface area contributed by atoms with Crippen molar-refractivity contribution in [3.63, 3.8) is 0 Å². The Morgan fingerprint density at radius 2 is 1.87 bits per heavy atom. The first kappa shape index (κ1) is 17.1. The second-order valence-corrected chi connectivity index (χ2v) is 6.92. The van der Waals surface area contributed by atoms with Crippen molar-refractivity contribution in [3.8, 4) is 0 Å². The molecule has 2 aromatic rings. The Kier molecular flexibility index (Phi) is 4.85. The molecule has 1 amide bonds. The SMILES string of the molecule is CCc1nc(C)c(C(=O)Nc2ccc(C(C)(C)C(=O)O)cc2)s1. The molecule has 1 aromatic heterocycles. The normalized spacial score (nSPS) is 11.3. The van der Waals surface area contributed by atoms with E-state index in [0.717, 1.165) is 17.1 Å². The highest BCUT2D eigenvalue weighted by Crippen LogP contribution is 2.25. The number of aryl methyl sites for hydroxylation is 2. The first-order valence-corrected chi connectivity index (χ1v) is 8.19. The van der Waals surface area contributed by atoms with Gasteiger partial charge in [0.2, 0.25) is 0 Å². The van der Waals surface area contributed by atoms with Crippen LogP contribution >= 0.6 is 11.3 Å². The summed E-state index contributed by atoms with van der Waals surface area (Å²) in [6, 6.07) is 6.88. The summed E-state index contributed by atoms with van der Waals surface area (Å²) in [7, 11) is 0. The number of thiazole rings is 1. The molecule has 0 spiro atoms. The van der Waals surface area contributed by atoms with Crippen LogP contribution in [-0.4, -0.2) is 22.0 Å². The molecule has 0 saturated carbocycles. The molecule has 6 heteroatoms. The number of amides is 1. The van der Waals surface area contributed by atoms with Crippen LogP contribution in [0.4, 0.5) is 5.69 Å². The number of aromatic nitrogens is 1. The Hall–Kier alpha value is -2.21. The minimum Gasteiger partial charge on any atom is -0.481 e. The predicted molar refractivity (Wildman–Crippen MR) is 91.3 cm³/mol. The number of carboxylic acids is 1. The fourth-order valence-electron chi connectivity index (χ4n) is 2.10. The third kappa shape index (κ3) is 3.59. The van der Waals surface area contributed by atoms with E-state index in [-0.39, 0.29) is 5.91 Å². The second kappa shape index (κ2) is 6.50. The van der Waals surface area contributed by atoms with Crippen LogP contribution in [0.25, 0.3) is 0 Å². The summed E-state index contributed by atoms with van der Waals surface area (Å²) in [5, 5.41) is 13.0. The average Bonchev–Trinajstić information content (AvgIpc) is 2.89. The van der Waals surface area contributed by atoms with Gasteiger partial charge in [0.25, 0.3) is 5.91 Å². The number of carboxylic acid groups (broad SMARTS) is 1. The number of nitrogens with one attached hydrogen (secondary N) is 1. The first-order chi connectivity index (χ1) is 10.8. The molecule has 2 rings (SSSR count). The number of aliphatic carboxylic acids is 1. The monoisotopic (exact) mass is 332 g/mol. The van der Waals surface area contributed by atoms with Crippen LogP contribution in [0, 0.1) is 6.92 Å². The number of anilines is 1. The van der Waals surface area contributed by atoms with Crippen molar-refractivity contribution in [3.05, 3.63) is 45.4 Å². The van der Waals surface area contributed by atoms with Crippen molar-refractivity contribution in [2.45, 2.75) is 39.5 Å². The zero-order valence-electron chi connectivity index (χ0n) is 13.6. The summed E-state index contributed by atoms with van der Waals surface area (Å²) >= 11 is 1.40. The van der Waals surface area contributed by atoms with E-state index >= 15 is 0 Å². The molecule has 0 aliphatic heterocycles. The molecule has 0 atom stereocenters. The number of nitrogens with zero attached hydrogens (tertiary/aromatic N) is 1. The van der Waals surface area contributed by atoms with E-state index in [1.54, 1.807) is 38.1 Å². The lowest BCUT2D eigenvalue weighted by atomic mass is 9.85. The Morgan fingerprint density at radius 3 is 2.35 bits per heavy atom. The van der Waals surface area contributed by atoms with Gasteiger partial charge in [-0.25, -0.2) is 4.98 Å². The molecule has 122 valence electrons. The smallest absolute Gasteiger partial charge is 0.313 e. The number of benzene rings is 1. The first-order valence-electron chi connectivity index (χ1n) is 7.37. The summed E-state index contributed by atoms with van der Waals surface area (Å²) in [5.74, 6) is -1.08. The van der Waals surface area contributed by atoms with Crippen LogP contribution < -0.4 is 5.32 Å². The van der Waals surface area contributed by atoms with Gasteiger partial charge >= 0.3 is 5.97 Å². The fourth-order valence-corrected chi connectivity index (χ4v) is 3.00. The highest BCUT2D eigenvalue weighted by atomic mass is 32.1. The maximum absolute atomic E-state index is 12.3. The highest BCUT2D eigenvalue weighted by Gasteiger charge is 2.29. The molecule has 0 aliphatic rings. The van der Waals surface area contributed by atoms with Crippen molar-refractivity contribution in [1.29, 1.82) is 0 Å². The zero-order chi connectivity index (χ0) is 17.2. The maximum atomic E-state index is 12.3. The van der Waals surface area contributed by atoms with E-state index in [0.29, 0.717) is 16.1 Å². The van der Waals surface area contributed by atoms with Gasteiger partial charge in [0.1, 0.15) is 4.88 Å². The van der Waals surface area contributed by atoms with Crippen molar-refractivity contribution in [2.75, 3.05) is 5.32 Å². The van der Waals surface area contributed by atoms with Gasteiger partial charge in [-0.3, -0.25) is 9.59 Å². The third-order valence-electron chi connectivity index (χ3n) is 3.75. The van der Waals surface area contributed by atoms with Crippen molar-refractivity contribution in [1.82, 2.24) is 4.98 Å². The Bertz CT molecular complexity index is 733. The van der Waals surface area contributed by atoms with Gasteiger partial charge < -0.3 is 10.4 Å². The van der Waals surface area contributed by atoms with E-state index in [9.17, 15) is 14.7 Å². The standard InChI is InChI=1S/C17H20N2O3S/c1-5-13-18-10(2)14(23-13)15(20)19-12-8-6-11(7-9-12)17(3,4)16(21)22/h6-9H,5H2,1-4H3,(H,19,20)(H,21,22). The Morgan fingerprint density at radius 1 is 1.26 bits per heavy atom. The average molecular weight is 332 g/mol. The van der Waals surface area contributed by atoms with Crippen molar-refractivity contribution >= 4 is 28.9 Å². The highest BCUT2D eigenvalue weighted by molar-refractivity contribution is 7.13. The topological polar surface area (TPSA) is 79.3 Å². The number of rotatable bonds is 5. The second-order valence-electron chi connectivity index (χ2n) is 5.84. The van der Waals surface area contributed by atoms with Gasteiger partial charge in [0.15, 0.2) is 0 Å². The molecule has 0 bridgehead atoms. The quantitative estimate of drug-likeness (QED) is 0.876. The van der Waals surface area contributed by atoms with Gasteiger partial charge in [-0.15, -0.1) is 11.3 Å². The molecule has 0 fully saturated rings. The van der Waals surface area contributed by atoms with Crippen LogP contribution in [0.15, 0.2) is 24.3 Å². The van der Waals surface area contributed by atoms with Crippen LogP contribution in [0.1, 0.15) is 46.7 Å². The maximum Gasteiger partial charge on any atom is 0.313 e. The van der Waals surface area contributed by atoms with E-state index in [2.05, 4.69) is 10.3 Å². The van der Waals surface area contributed by atoms with Crippen LogP contribution in [0.5, 0.6) is 0 Å². The minimum atomic E-state index is -0.965. The molecular formula is C17H20N2O3S. The summed E-state index contributed by atoms with van der Waals surface area (Å²) in [6.07, 6.45) is 0.803. The summed E-state index contributed by atoms with van der Waals surface area (Å²) in [4.78, 5) is 28.5. The molecular weight excluding hydrogens is 312 g/mol. The van der Waals surface area contributed by atoms with Gasteiger partial charge in [-0.1, -0.05) is 19.1 Å². The zero-order valence-corrected chi connectivity index (χ0v) is 14.5. The molecule has 1 heterocycles. The van der Waals surface area contributed by atoms with Crippen molar-refractivity contribution in [2.24, 2.45) is 0 Å². The van der Waals surface area contributed by atoms with Crippen LogP contribution in [-0.2, 0) is 16.6 Å². The van der Waals surface area contributed by atoms with Crippen molar-refractivity contribution < 1.29 is 14.7 Å². The summed E-state index contributed by atoms with van der Waals surface area (Å²) in [5.41, 5.74) is 1.08.